The summed E-state index contributed by atoms with van der Waals surface area (Å²) in [5, 5.41) is 0. The minimum atomic E-state index is -0.653. The first-order valence-corrected chi connectivity index (χ1v) is 9.24. The number of rotatable bonds is 3. The third-order valence-corrected chi connectivity index (χ3v) is 10.1. The Bertz CT molecular complexity index is 30.0. The topological polar surface area (TPSA) is 0 Å². The Morgan fingerprint density at radius 1 is 0.875 bits per heavy atom. The second-order valence-corrected chi connectivity index (χ2v) is 12.1. The molecule has 0 saturated heterocycles. The zero-order chi connectivity index (χ0) is 5.70. The Morgan fingerprint density at radius 2 is 1.12 bits per heavy atom. The molecule has 0 nitrogen and oxygen atoms in total. The van der Waals surface area contributed by atoms with Crippen molar-refractivity contribution in [3.63, 3.8) is 0 Å². The molecule has 0 saturated carbocycles. The van der Waals surface area contributed by atoms with Gasteiger partial charge in [-0.1, -0.05) is 0 Å². The molecule has 0 aromatic heterocycles. The first kappa shape index (κ1) is 12.0. The quantitative estimate of drug-likeness (QED) is 0.700. The van der Waals surface area contributed by atoms with Crippen LogP contribution in [0.1, 0.15) is 20.8 Å². The van der Waals surface area contributed by atoms with Gasteiger partial charge in [0.15, 0.2) is 0 Å². The number of hydrogen-bond donors (Lipinski definition) is 0. The average molecular weight is 287 g/mol. The van der Waals surface area contributed by atoms with Crippen LogP contribution in [0, 0.1) is 0 Å². The first-order valence-electron chi connectivity index (χ1n) is 3.18. The zero-order valence-electron chi connectivity index (χ0n) is 6.03. The van der Waals surface area contributed by atoms with E-state index in [1.165, 1.54) is 0 Å². The molecule has 0 aliphatic heterocycles. The molecule has 0 spiro atoms. The fraction of sp³-hybridized carbons (Fsp3) is 1.00. The van der Waals surface area contributed by atoms with E-state index in [2.05, 4.69) is 20.8 Å². The van der Waals surface area contributed by atoms with E-state index in [1.807, 2.05) is 0 Å². The Morgan fingerprint density at radius 3 is 1.12 bits per heavy atom. The van der Waals surface area contributed by atoms with E-state index in [9.17, 15) is 0 Å². The van der Waals surface area contributed by atoms with Gasteiger partial charge in [-0.2, -0.15) is 0 Å². The summed E-state index contributed by atoms with van der Waals surface area (Å²) in [6.07, 6.45) is 0. The van der Waals surface area contributed by atoms with Gasteiger partial charge in [-0.3, -0.25) is 0 Å². The Hall–Kier alpha value is 1.28. The van der Waals surface area contributed by atoms with Crippen molar-refractivity contribution in [1.82, 2.24) is 0 Å². The average Bonchev–Trinajstić information content (AvgIpc) is 1.72. The van der Waals surface area contributed by atoms with Crippen molar-refractivity contribution in [3.05, 3.63) is 0 Å². The molecule has 0 atom stereocenters. The van der Waals surface area contributed by atoms with Crippen LogP contribution in [0.4, 0.5) is 0 Å². The Balaban J connectivity index is 0. The molecule has 0 fully saturated rings. The summed E-state index contributed by atoms with van der Waals surface area (Å²) in [5.74, 6) is 0. The van der Waals surface area contributed by atoms with Crippen LogP contribution in [0.2, 0.25) is 13.3 Å². The molecule has 0 aliphatic rings. The third kappa shape index (κ3) is 5.42. The van der Waals surface area contributed by atoms with E-state index in [1.54, 1.807) is 13.3 Å². The standard InChI is InChI=1S/3C2H5.BrH.Sn/c3*1-2;;/h3*1H2,2H3;1H;. The molecule has 0 aliphatic carbocycles. The van der Waals surface area contributed by atoms with Gasteiger partial charge in [0, 0.05) is 0 Å². The Kier molecular flexibility index (Phi) is 12.4. The fourth-order valence-corrected chi connectivity index (χ4v) is 5.03. The monoisotopic (exact) mass is 287 g/mol. The summed E-state index contributed by atoms with van der Waals surface area (Å²) in [4.78, 5) is 0. The Labute approximate surface area is 70.6 Å². The maximum absolute atomic E-state index is 2.35. The van der Waals surface area contributed by atoms with E-state index in [0.29, 0.717) is 0 Å². The number of hydrogen-bond acceptors (Lipinski definition) is 0. The zero-order valence-corrected chi connectivity index (χ0v) is 10.6. The van der Waals surface area contributed by atoms with Crippen LogP contribution in [-0.4, -0.2) is 19.8 Å². The maximum atomic E-state index is 2.35. The molecule has 0 rings (SSSR count). The molecular weight excluding hydrogens is 271 g/mol. The predicted molar refractivity (Wildman–Crippen MR) is 47.5 cm³/mol. The molecule has 0 aromatic carbocycles. The third-order valence-electron chi connectivity index (χ3n) is 1.50. The van der Waals surface area contributed by atoms with Crippen molar-refractivity contribution in [2.45, 2.75) is 34.1 Å². The molecule has 51 valence electrons. The molecule has 0 N–H and O–H groups in total. The molecule has 0 bridgehead atoms. The van der Waals surface area contributed by atoms with Crippen molar-refractivity contribution < 1.29 is 0 Å². The van der Waals surface area contributed by atoms with Gasteiger partial charge in [-0.15, -0.1) is 17.0 Å². The predicted octanol–water partition coefficient (Wildman–Crippen LogP) is 3.12. The van der Waals surface area contributed by atoms with Crippen molar-refractivity contribution in [2.75, 3.05) is 0 Å². The van der Waals surface area contributed by atoms with Crippen LogP contribution in [-0.2, 0) is 0 Å². The van der Waals surface area contributed by atoms with E-state index >= 15 is 0 Å². The van der Waals surface area contributed by atoms with Crippen molar-refractivity contribution in [1.29, 1.82) is 0 Å². The van der Waals surface area contributed by atoms with Gasteiger partial charge >= 0.3 is 53.8 Å². The van der Waals surface area contributed by atoms with Crippen molar-refractivity contribution in [2.24, 2.45) is 0 Å². The van der Waals surface area contributed by atoms with Gasteiger partial charge in [-0.25, -0.2) is 0 Å². The van der Waals surface area contributed by atoms with E-state index in [-0.39, 0.29) is 17.0 Å². The summed E-state index contributed by atoms with van der Waals surface area (Å²) in [6, 6.07) is 0. The van der Waals surface area contributed by atoms with Gasteiger partial charge in [0.25, 0.3) is 0 Å². The summed E-state index contributed by atoms with van der Waals surface area (Å²) >= 11 is -0.653. The van der Waals surface area contributed by atoms with Crippen LogP contribution < -0.4 is 0 Å². The van der Waals surface area contributed by atoms with E-state index < -0.39 is 19.8 Å². The van der Waals surface area contributed by atoms with Crippen LogP contribution in [0.3, 0.4) is 0 Å². The van der Waals surface area contributed by atoms with Crippen LogP contribution in [0.25, 0.3) is 0 Å². The van der Waals surface area contributed by atoms with Crippen LogP contribution in [0.5, 0.6) is 0 Å². The fourth-order valence-electron chi connectivity index (χ4n) is 0.750. The van der Waals surface area contributed by atoms with Crippen LogP contribution in [0.15, 0.2) is 0 Å². The molecule has 0 amide bonds. The van der Waals surface area contributed by atoms with E-state index in [4.69, 9.17) is 0 Å². The van der Waals surface area contributed by atoms with E-state index in [0.717, 1.165) is 0 Å². The van der Waals surface area contributed by atoms with Crippen LogP contribution >= 0.6 is 17.0 Å². The molecule has 8 heavy (non-hydrogen) atoms. The summed E-state index contributed by atoms with van der Waals surface area (Å²) in [5.41, 5.74) is 0. The minimum absolute atomic E-state index is 0. The molecule has 0 unspecified atom stereocenters. The van der Waals surface area contributed by atoms with Crippen molar-refractivity contribution in [3.8, 4) is 0 Å². The van der Waals surface area contributed by atoms with Gasteiger partial charge in [-0.05, 0) is 0 Å². The summed E-state index contributed by atoms with van der Waals surface area (Å²) < 4.78 is 4.65. The molecule has 0 aromatic rings. The molecule has 0 heterocycles. The normalized spacial score (nSPS) is 9.00. The first-order chi connectivity index (χ1) is 3.35. The van der Waals surface area contributed by atoms with Gasteiger partial charge in [0.1, 0.15) is 0 Å². The molecular formula is C6H16BrSn. The second kappa shape index (κ2) is 8.28. The summed E-state index contributed by atoms with van der Waals surface area (Å²) in [7, 11) is 0. The van der Waals surface area contributed by atoms with Gasteiger partial charge in [0.05, 0.1) is 0 Å². The second-order valence-electron chi connectivity index (χ2n) is 1.81. The van der Waals surface area contributed by atoms with Gasteiger partial charge < -0.3 is 0 Å². The summed E-state index contributed by atoms with van der Waals surface area (Å²) in [6.45, 7) is 7.05. The molecule has 1 radical (unpaired) electrons. The SMILES string of the molecule is Br.C[CH2][Sn]([CH2]C)[CH2]C. The van der Waals surface area contributed by atoms with Gasteiger partial charge in [0.2, 0.25) is 0 Å². The number of halogens is 1. The van der Waals surface area contributed by atoms with Crippen molar-refractivity contribution >= 4 is 36.7 Å². The molecule has 2 heteroatoms.